The van der Waals surface area contributed by atoms with E-state index in [-0.39, 0.29) is 5.91 Å². The summed E-state index contributed by atoms with van der Waals surface area (Å²) in [6.45, 7) is 2.55. The Labute approximate surface area is 122 Å². The highest BCUT2D eigenvalue weighted by Crippen LogP contribution is 2.11. The van der Waals surface area contributed by atoms with E-state index in [4.69, 9.17) is 0 Å². The van der Waals surface area contributed by atoms with Crippen LogP contribution in [0.1, 0.15) is 21.5 Å². The van der Waals surface area contributed by atoms with E-state index in [9.17, 15) is 4.79 Å². The van der Waals surface area contributed by atoms with Gasteiger partial charge in [-0.1, -0.05) is 24.3 Å². The molecule has 4 heteroatoms. The molecule has 0 saturated heterocycles. The van der Waals surface area contributed by atoms with Gasteiger partial charge in [-0.2, -0.15) is 0 Å². The van der Waals surface area contributed by atoms with Gasteiger partial charge in [0.15, 0.2) is 0 Å². The molecule has 1 amide bonds. The zero-order valence-electron chi connectivity index (χ0n) is 11.7. The lowest BCUT2D eigenvalue weighted by molar-refractivity contribution is 0.0951. The molecule has 0 radical (unpaired) electrons. The lowest BCUT2D eigenvalue weighted by Gasteiger charge is -2.08. The average molecular weight is 277 g/mol. The summed E-state index contributed by atoms with van der Waals surface area (Å²) in [4.78, 5) is 20.6. The lowest BCUT2D eigenvalue weighted by atomic mass is 10.1. The van der Waals surface area contributed by atoms with Crippen molar-refractivity contribution in [3.05, 3.63) is 71.5 Å². The summed E-state index contributed by atoms with van der Waals surface area (Å²) in [5, 5.41) is 2.93. The van der Waals surface area contributed by atoms with E-state index in [1.165, 1.54) is 5.56 Å². The molecule has 2 aromatic carbocycles. The summed E-state index contributed by atoms with van der Waals surface area (Å²) in [5.74, 6) is -0.106. The minimum atomic E-state index is -0.106. The van der Waals surface area contributed by atoms with Crippen LogP contribution in [0.5, 0.6) is 0 Å². The third kappa shape index (κ3) is 2.89. The van der Waals surface area contributed by atoms with Gasteiger partial charge in [0.25, 0.3) is 5.91 Å². The highest BCUT2D eigenvalue weighted by atomic mass is 16.1. The standard InChI is InChI=1S/C17H15N3O/c1-12-4-2-3-5-14(12)11-20-17(21)13-6-7-15-16(10-13)19-9-8-18-15/h2-10H,11H2,1H3,(H,20,21). The third-order valence-electron chi connectivity index (χ3n) is 3.43. The number of hydrogen-bond acceptors (Lipinski definition) is 3. The molecule has 3 aromatic rings. The average Bonchev–Trinajstić information content (AvgIpc) is 2.53. The molecule has 4 nitrogen and oxygen atoms in total. The summed E-state index contributed by atoms with van der Waals surface area (Å²) in [6.07, 6.45) is 3.26. The van der Waals surface area contributed by atoms with Crippen molar-refractivity contribution in [2.75, 3.05) is 0 Å². The number of aromatic nitrogens is 2. The predicted molar refractivity (Wildman–Crippen MR) is 81.9 cm³/mol. The van der Waals surface area contributed by atoms with Crippen molar-refractivity contribution in [1.82, 2.24) is 15.3 Å². The number of amides is 1. The van der Waals surface area contributed by atoms with E-state index >= 15 is 0 Å². The van der Waals surface area contributed by atoms with Crippen molar-refractivity contribution in [3.63, 3.8) is 0 Å². The van der Waals surface area contributed by atoms with Gasteiger partial charge in [-0.05, 0) is 36.2 Å². The number of nitrogens with one attached hydrogen (secondary N) is 1. The molecule has 1 aromatic heterocycles. The molecule has 0 aliphatic rings. The minimum absolute atomic E-state index is 0.106. The second kappa shape index (κ2) is 5.71. The summed E-state index contributed by atoms with van der Waals surface area (Å²) in [5.41, 5.74) is 4.39. The Hall–Kier alpha value is -2.75. The second-order valence-electron chi connectivity index (χ2n) is 4.87. The Kier molecular flexibility index (Phi) is 3.60. The molecule has 1 N–H and O–H groups in total. The van der Waals surface area contributed by atoms with Crippen LogP contribution < -0.4 is 5.32 Å². The summed E-state index contributed by atoms with van der Waals surface area (Å²) in [7, 11) is 0. The van der Waals surface area contributed by atoms with Crippen molar-refractivity contribution < 1.29 is 4.79 Å². The molecular weight excluding hydrogens is 262 g/mol. The maximum Gasteiger partial charge on any atom is 0.251 e. The highest BCUT2D eigenvalue weighted by molar-refractivity contribution is 5.97. The third-order valence-corrected chi connectivity index (χ3v) is 3.43. The Morgan fingerprint density at radius 3 is 2.62 bits per heavy atom. The van der Waals surface area contributed by atoms with Crippen molar-refractivity contribution in [2.24, 2.45) is 0 Å². The molecule has 0 aliphatic carbocycles. The number of rotatable bonds is 3. The van der Waals surface area contributed by atoms with Crippen LogP contribution in [0.3, 0.4) is 0 Å². The van der Waals surface area contributed by atoms with Gasteiger partial charge in [0.1, 0.15) is 0 Å². The molecule has 0 bridgehead atoms. The van der Waals surface area contributed by atoms with Crippen LogP contribution >= 0.6 is 0 Å². The molecule has 0 spiro atoms. The van der Waals surface area contributed by atoms with Crippen LogP contribution in [0.15, 0.2) is 54.9 Å². The van der Waals surface area contributed by atoms with Crippen LogP contribution in [0, 0.1) is 6.92 Å². The van der Waals surface area contributed by atoms with E-state index in [1.54, 1.807) is 24.5 Å². The zero-order chi connectivity index (χ0) is 14.7. The quantitative estimate of drug-likeness (QED) is 0.801. The number of nitrogens with zero attached hydrogens (tertiary/aromatic N) is 2. The Bertz CT molecular complexity index is 799. The lowest BCUT2D eigenvalue weighted by Crippen LogP contribution is -2.23. The van der Waals surface area contributed by atoms with Crippen LogP contribution in [0.25, 0.3) is 11.0 Å². The molecule has 1 heterocycles. The van der Waals surface area contributed by atoms with Crippen molar-refractivity contribution in [2.45, 2.75) is 13.5 Å². The van der Waals surface area contributed by atoms with Crippen LogP contribution in [-0.2, 0) is 6.54 Å². The van der Waals surface area contributed by atoms with Crippen molar-refractivity contribution in [1.29, 1.82) is 0 Å². The van der Waals surface area contributed by atoms with Gasteiger partial charge in [-0.3, -0.25) is 14.8 Å². The molecular formula is C17H15N3O. The molecule has 104 valence electrons. The molecule has 0 aliphatic heterocycles. The molecule has 0 atom stereocenters. The van der Waals surface area contributed by atoms with E-state index in [0.29, 0.717) is 12.1 Å². The number of carbonyl (C=O) groups excluding carboxylic acids is 1. The fourth-order valence-corrected chi connectivity index (χ4v) is 2.19. The van der Waals surface area contributed by atoms with Gasteiger partial charge in [-0.25, -0.2) is 0 Å². The van der Waals surface area contributed by atoms with Gasteiger partial charge >= 0.3 is 0 Å². The first kappa shape index (κ1) is 13.2. The topological polar surface area (TPSA) is 54.9 Å². The van der Waals surface area contributed by atoms with Crippen LogP contribution in [0.4, 0.5) is 0 Å². The first-order chi connectivity index (χ1) is 10.2. The SMILES string of the molecule is Cc1ccccc1CNC(=O)c1ccc2nccnc2c1. The van der Waals surface area contributed by atoms with Gasteiger partial charge < -0.3 is 5.32 Å². The van der Waals surface area contributed by atoms with E-state index in [2.05, 4.69) is 15.3 Å². The molecule has 0 saturated carbocycles. The Morgan fingerprint density at radius 1 is 1.05 bits per heavy atom. The number of fused-ring (bicyclic) bond motifs is 1. The number of benzene rings is 2. The first-order valence-electron chi connectivity index (χ1n) is 6.77. The Morgan fingerprint density at radius 2 is 1.81 bits per heavy atom. The van der Waals surface area contributed by atoms with Gasteiger partial charge in [-0.15, -0.1) is 0 Å². The fourth-order valence-electron chi connectivity index (χ4n) is 2.19. The molecule has 3 rings (SSSR count). The van der Waals surface area contributed by atoms with Crippen LogP contribution in [-0.4, -0.2) is 15.9 Å². The largest absolute Gasteiger partial charge is 0.348 e. The maximum absolute atomic E-state index is 12.2. The second-order valence-corrected chi connectivity index (χ2v) is 4.87. The fraction of sp³-hybridized carbons (Fsp3) is 0.118. The number of hydrogen-bond donors (Lipinski definition) is 1. The molecule has 0 fully saturated rings. The Balaban J connectivity index is 1.76. The maximum atomic E-state index is 12.2. The molecule has 21 heavy (non-hydrogen) atoms. The molecule has 0 unspecified atom stereocenters. The summed E-state index contributed by atoms with van der Waals surface area (Å²) in [6, 6.07) is 13.3. The predicted octanol–water partition coefficient (Wildman–Crippen LogP) is 2.87. The zero-order valence-corrected chi connectivity index (χ0v) is 11.7. The van der Waals surface area contributed by atoms with Gasteiger partial charge in [0.05, 0.1) is 11.0 Å². The highest BCUT2D eigenvalue weighted by Gasteiger charge is 2.07. The van der Waals surface area contributed by atoms with E-state index in [1.807, 2.05) is 37.3 Å². The minimum Gasteiger partial charge on any atom is -0.348 e. The monoisotopic (exact) mass is 277 g/mol. The summed E-state index contributed by atoms with van der Waals surface area (Å²) < 4.78 is 0. The normalized spacial score (nSPS) is 10.5. The van der Waals surface area contributed by atoms with Crippen LogP contribution in [0.2, 0.25) is 0 Å². The van der Waals surface area contributed by atoms with Crippen molar-refractivity contribution in [3.8, 4) is 0 Å². The van der Waals surface area contributed by atoms with Gasteiger partial charge in [0.2, 0.25) is 0 Å². The first-order valence-corrected chi connectivity index (χ1v) is 6.77. The number of aryl methyl sites for hydroxylation is 1. The van der Waals surface area contributed by atoms with Crippen molar-refractivity contribution >= 4 is 16.9 Å². The van der Waals surface area contributed by atoms with E-state index in [0.717, 1.165) is 16.6 Å². The van der Waals surface area contributed by atoms with E-state index < -0.39 is 0 Å². The summed E-state index contributed by atoms with van der Waals surface area (Å²) >= 11 is 0. The number of carbonyl (C=O) groups is 1. The van der Waals surface area contributed by atoms with Gasteiger partial charge in [0, 0.05) is 24.5 Å². The smallest absolute Gasteiger partial charge is 0.251 e.